The number of rotatable bonds is 8. The van der Waals surface area contributed by atoms with Crippen molar-refractivity contribution in [3.8, 4) is 6.07 Å². The van der Waals surface area contributed by atoms with Gasteiger partial charge < -0.3 is 4.74 Å². The molecule has 0 aliphatic rings. The third-order valence-electron chi connectivity index (χ3n) is 3.39. The highest BCUT2D eigenvalue weighted by Crippen LogP contribution is 2.20. The normalized spacial score (nSPS) is 12.2. The Morgan fingerprint density at radius 1 is 1.31 bits per heavy atom. The first-order valence-electron chi connectivity index (χ1n) is 7.61. The molecule has 2 rings (SSSR count). The van der Waals surface area contributed by atoms with Crippen LogP contribution in [0, 0.1) is 18.3 Å². The summed E-state index contributed by atoms with van der Waals surface area (Å²) in [6.45, 7) is 1.15. The molecule has 0 aliphatic heterocycles. The highest BCUT2D eigenvalue weighted by atomic mass is 32.2. The van der Waals surface area contributed by atoms with Crippen molar-refractivity contribution >= 4 is 32.9 Å². The lowest BCUT2D eigenvalue weighted by molar-refractivity contribution is -0.147. The number of carbonyl (C=O) groups is 2. The number of hydrogen-bond acceptors (Lipinski definition) is 8. The minimum Gasteiger partial charge on any atom is -0.458 e. The second kappa shape index (κ2) is 8.69. The van der Waals surface area contributed by atoms with E-state index in [1.165, 1.54) is 23.5 Å². The Morgan fingerprint density at radius 2 is 2.00 bits per heavy atom. The number of ether oxygens (including phenoxy) is 1. The molecule has 0 aliphatic carbocycles. The first-order chi connectivity index (χ1) is 12.3. The smallest absolute Gasteiger partial charge is 0.307 e. The quantitative estimate of drug-likeness (QED) is 0.631. The van der Waals surface area contributed by atoms with Gasteiger partial charge in [0, 0.05) is 11.1 Å². The summed E-state index contributed by atoms with van der Waals surface area (Å²) in [6.07, 6.45) is -0.377. The van der Waals surface area contributed by atoms with Crippen LogP contribution in [0.25, 0.3) is 0 Å². The number of Topliss-reactive ketones (excluding diaryl/α,β-unsaturated/α-hetero) is 1. The van der Waals surface area contributed by atoms with Gasteiger partial charge in [-0.25, -0.2) is 13.4 Å². The van der Waals surface area contributed by atoms with Crippen molar-refractivity contribution < 1.29 is 22.7 Å². The first-order valence-corrected chi connectivity index (χ1v) is 10.1. The molecule has 7 nitrogen and oxygen atoms in total. The van der Waals surface area contributed by atoms with Gasteiger partial charge in [0.15, 0.2) is 28.1 Å². The Bertz CT molecular complexity index is 930. The second-order valence-electron chi connectivity index (χ2n) is 5.40. The number of nitrogens with zero attached hydrogens (tertiary/aromatic N) is 2. The predicted molar refractivity (Wildman–Crippen MR) is 94.3 cm³/mol. The topological polar surface area (TPSA) is 114 Å². The van der Waals surface area contributed by atoms with Crippen molar-refractivity contribution in [2.45, 2.75) is 24.2 Å². The molecule has 1 aromatic carbocycles. The Labute approximate surface area is 155 Å². The minimum atomic E-state index is -3.60. The zero-order valence-electron chi connectivity index (χ0n) is 13.9. The van der Waals surface area contributed by atoms with Gasteiger partial charge >= 0.3 is 5.97 Å². The molecular weight excluding hydrogens is 376 g/mol. The first kappa shape index (κ1) is 19.8. The van der Waals surface area contributed by atoms with Crippen molar-refractivity contribution in [1.82, 2.24) is 4.98 Å². The molecule has 9 heteroatoms. The van der Waals surface area contributed by atoms with Gasteiger partial charge in [-0.1, -0.05) is 18.2 Å². The fourth-order valence-electron chi connectivity index (χ4n) is 2.04. The van der Waals surface area contributed by atoms with E-state index < -0.39 is 39.9 Å². The third-order valence-corrected chi connectivity index (χ3v) is 6.15. The molecule has 0 N–H and O–H groups in total. The van der Waals surface area contributed by atoms with Gasteiger partial charge in [-0.2, -0.15) is 5.26 Å². The molecule has 0 amide bonds. The Hall–Kier alpha value is -2.57. The largest absolute Gasteiger partial charge is 0.458 e. The van der Waals surface area contributed by atoms with Crippen molar-refractivity contribution in [3.05, 3.63) is 46.4 Å². The van der Waals surface area contributed by atoms with Crippen LogP contribution in [-0.2, 0) is 24.2 Å². The number of benzene rings is 1. The van der Waals surface area contributed by atoms with Gasteiger partial charge in [0.2, 0.25) is 0 Å². The molecule has 1 aromatic heterocycles. The third kappa shape index (κ3) is 5.21. The van der Waals surface area contributed by atoms with E-state index in [4.69, 9.17) is 10.00 Å². The van der Waals surface area contributed by atoms with Crippen molar-refractivity contribution in [3.63, 3.8) is 0 Å². The van der Waals surface area contributed by atoms with E-state index in [1.807, 2.05) is 6.07 Å². The molecule has 26 heavy (non-hydrogen) atoms. The van der Waals surface area contributed by atoms with E-state index in [0.29, 0.717) is 10.7 Å². The number of ketones is 1. The van der Waals surface area contributed by atoms with Gasteiger partial charge in [0.05, 0.1) is 23.1 Å². The lowest BCUT2D eigenvalue weighted by Crippen LogP contribution is -2.21. The van der Waals surface area contributed by atoms with Crippen LogP contribution in [0.5, 0.6) is 0 Å². The van der Waals surface area contributed by atoms with Crippen LogP contribution in [0.4, 0.5) is 0 Å². The van der Waals surface area contributed by atoms with E-state index >= 15 is 0 Å². The molecule has 0 saturated carbocycles. The summed E-state index contributed by atoms with van der Waals surface area (Å²) in [5.41, 5.74) is 0.696. The molecule has 0 saturated heterocycles. The monoisotopic (exact) mass is 392 g/mol. The standard InChI is InChI=1S/C17H16N2O5S2/c1-12-11-25-17(19-12)14(9-18)15(20)10-24-16(21)7-8-26(22,23)13-5-3-2-4-6-13/h2-6,11,14H,7-8,10H2,1H3/t14-/m0/s1. The van der Waals surface area contributed by atoms with Crippen LogP contribution in [0.1, 0.15) is 23.0 Å². The number of nitriles is 1. The van der Waals surface area contributed by atoms with Gasteiger partial charge in [0.25, 0.3) is 0 Å². The molecule has 1 atom stereocenters. The van der Waals surface area contributed by atoms with Gasteiger partial charge in [-0.15, -0.1) is 11.3 Å². The molecule has 2 aromatic rings. The molecular formula is C17H16N2O5S2. The molecule has 0 unspecified atom stereocenters. The Morgan fingerprint density at radius 3 is 2.58 bits per heavy atom. The van der Waals surface area contributed by atoms with Crippen molar-refractivity contribution in [2.75, 3.05) is 12.4 Å². The number of aromatic nitrogens is 1. The summed E-state index contributed by atoms with van der Waals surface area (Å²) >= 11 is 1.18. The zero-order valence-corrected chi connectivity index (χ0v) is 15.5. The summed E-state index contributed by atoms with van der Waals surface area (Å²) in [7, 11) is -3.60. The molecule has 0 fully saturated rings. The lowest BCUT2D eigenvalue weighted by Gasteiger charge is -2.07. The highest BCUT2D eigenvalue weighted by molar-refractivity contribution is 7.91. The van der Waals surface area contributed by atoms with Crippen LogP contribution < -0.4 is 0 Å². The van der Waals surface area contributed by atoms with Crippen molar-refractivity contribution in [2.24, 2.45) is 0 Å². The van der Waals surface area contributed by atoms with Crippen LogP contribution >= 0.6 is 11.3 Å². The maximum Gasteiger partial charge on any atom is 0.307 e. The predicted octanol–water partition coefficient (Wildman–Crippen LogP) is 2.04. The molecule has 0 bridgehead atoms. The van der Waals surface area contributed by atoms with E-state index in [1.54, 1.807) is 30.5 Å². The maximum atomic E-state index is 12.1. The minimum absolute atomic E-state index is 0.118. The molecule has 0 spiro atoms. The summed E-state index contributed by atoms with van der Waals surface area (Å²) < 4.78 is 29.0. The average molecular weight is 392 g/mol. The summed E-state index contributed by atoms with van der Waals surface area (Å²) in [4.78, 5) is 28.0. The number of aryl methyl sites for hydroxylation is 1. The lowest BCUT2D eigenvalue weighted by atomic mass is 10.1. The SMILES string of the molecule is Cc1csc([C@@H](C#N)C(=O)COC(=O)CCS(=O)(=O)c2ccccc2)n1. The summed E-state index contributed by atoms with van der Waals surface area (Å²) in [6, 6.07) is 9.60. The number of esters is 1. The molecule has 0 radical (unpaired) electrons. The van der Waals surface area contributed by atoms with Gasteiger partial charge in [0.1, 0.15) is 5.01 Å². The Kier molecular flexibility index (Phi) is 6.60. The van der Waals surface area contributed by atoms with Gasteiger partial charge in [-0.05, 0) is 19.1 Å². The van der Waals surface area contributed by atoms with Crippen molar-refractivity contribution in [1.29, 1.82) is 5.26 Å². The fraction of sp³-hybridized carbons (Fsp3) is 0.294. The number of carbonyl (C=O) groups excluding carboxylic acids is 2. The van der Waals surface area contributed by atoms with E-state index in [0.717, 1.165) is 0 Å². The highest BCUT2D eigenvalue weighted by Gasteiger charge is 2.25. The van der Waals surface area contributed by atoms with E-state index in [-0.39, 0.29) is 11.3 Å². The van der Waals surface area contributed by atoms with Crippen LogP contribution in [-0.4, -0.2) is 37.5 Å². The number of thiazole rings is 1. The average Bonchev–Trinajstić information content (AvgIpc) is 3.05. The zero-order chi connectivity index (χ0) is 19.2. The van der Waals surface area contributed by atoms with E-state index in [2.05, 4.69) is 4.98 Å². The van der Waals surface area contributed by atoms with Crippen LogP contribution in [0.15, 0.2) is 40.6 Å². The van der Waals surface area contributed by atoms with Crippen LogP contribution in [0.3, 0.4) is 0 Å². The van der Waals surface area contributed by atoms with Gasteiger partial charge in [-0.3, -0.25) is 9.59 Å². The number of sulfone groups is 1. The summed E-state index contributed by atoms with van der Waals surface area (Å²) in [5.74, 6) is -2.93. The maximum absolute atomic E-state index is 12.1. The molecule has 1 heterocycles. The Balaban J connectivity index is 1.86. The fourth-order valence-corrected chi connectivity index (χ4v) is 4.14. The van der Waals surface area contributed by atoms with E-state index in [9.17, 15) is 18.0 Å². The second-order valence-corrected chi connectivity index (χ2v) is 8.40. The molecule has 136 valence electrons. The number of hydrogen-bond donors (Lipinski definition) is 0. The van der Waals surface area contributed by atoms with Crippen LogP contribution in [0.2, 0.25) is 0 Å². The summed E-state index contributed by atoms with van der Waals surface area (Å²) in [5, 5.41) is 11.2.